The molecule has 0 aliphatic heterocycles. The lowest BCUT2D eigenvalue weighted by molar-refractivity contribution is -0.125. The van der Waals surface area contributed by atoms with Crippen LogP contribution in [0.15, 0.2) is 24.3 Å². The lowest BCUT2D eigenvalue weighted by Gasteiger charge is -2.26. The number of hydrogen-bond acceptors (Lipinski definition) is 3. The SMILES string of the molecule is CN(C(=O)C(C)(C)C)c1ccccc1I(=O)=O. The minimum Gasteiger partial charge on any atom is -0.314 e. The maximum Gasteiger partial charge on any atom is 0.342 e. The Balaban J connectivity index is 3.22. The number of anilines is 1. The Morgan fingerprint density at radius 3 is 2.18 bits per heavy atom. The number of benzene rings is 1. The first-order chi connectivity index (χ1) is 7.75. The Bertz CT molecular complexity index is 493. The summed E-state index contributed by atoms with van der Waals surface area (Å²) in [5.74, 6) is -0.109. The number of para-hydroxylation sites is 1. The molecule has 1 aromatic carbocycles. The Labute approximate surface area is 108 Å². The number of rotatable bonds is 2. The van der Waals surface area contributed by atoms with E-state index in [1.165, 1.54) is 11.0 Å². The average molecular weight is 349 g/mol. The van der Waals surface area contributed by atoms with Crippen LogP contribution in [0.2, 0.25) is 0 Å². The monoisotopic (exact) mass is 349 g/mol. The van der Waals surface area contributed by atoms with Gasteiger partial charge in [0.2, 0.25) is 5.91 Å². The number of carbonyl (C=O) groups is 1. The van der Waals surface area contributed by atoms with Gasteiger partial charge in [-0.3, -0.25) is 4.79 Å². The molecule has 1 rings (SSSR count). The van der Waals surface area contributed by atoms with E-state index in [0.29, 0.717) is 5.69 Å². The van der Waals surface area contributed by atoms with E-state index in [-0.39, 0.29) is 9.48 Å². The van der Waals surface area contributed by atoms with E-state index in [1.807, 2.05) is 0 Å². The molecule has 0 spiro atoms. The highest BCUT2D eigenvalue weighted by molar-refractivity contribution is 14.2. The van der Waals surface area contributed by atoms with Crippen molar-refractivity contribution in [1.82, 2.24) is 0 Å². The molecule has 17 heavy (non-hydrogen) atoms. The molecule has 0 aromatic heterocycles. The van der Waals surface area contributed by atoms with E-state index >= 15 is 0 Å². The zero-order valence-corrected chi connectivity index (χ0v) is 12.5. The van der Waals surface area contributed by atoms with E-state index in [0.717, 1.165) is 0 Å². The summed E-state index contributed by atoms with van der Waals surface area (Å²) in [6.07, 6.45) is 0. The van der Waals surface area contributed by atoms with Crippen molar-refractivity contribution in [3.05, 3.63) is 27.8 Å². The minimum atomic E-state index is -3.58. The summed E-state index contributed by atoms with van der Waals surface area (Å²) in [6, 6.07) is 6.57. The third-order valence-corrected chi connectivity index (χ3v) is 4.19. The molecule has 0 atom stereocenters. The van der Waals surface area contributed by atoms with E-state index in [9.17, 15) is 10.9 Å². The molecule has 1 amide bonds. The summed E-state index contributed by atoms with van der Waals surface area (Å²) in [7, 11) is 1.60. The molecule has 0 bridgehead atoms. The van der Waals surface area contributed by atoms with Gasteiger partial charge in [0.25, 0.3) is 0 Å². The molecular weight excluding hydrogens is 333 g/mol. The molecule has 0 unspecified atom stereocenters. The Morgan fingerprint density at radius 1 is 1.18 bits per heavy atom. The highest BCUT2D eigenvalue weighted by Gasteiger charge is 2.27. The third kappa shape index (κ3) is 3.24. The second-order valence-electron chi connectivity index (χ2n) is 4.78. The zero-order valence-electron chi connectivity index (χ0n) is 10.4. The summed E-state index contributed by atoms with van der Waals surface area (Å²) in [5.41, 5.74) is -0.0743. The van der Waals surface area contributed by atoms with Crippen LogP contribution in [0.5, 0.6) is 0 Å². The van der Waals surface area contributed by atoms with Crippen LogP contribution in [0.25, 0.3) is 0 Å². The second-order valence-corrected chi connectivity index (χ2v) is 7.19. The van der Waals surface area contributed by atoms with Gasteiger partial charge in [0.05, 0.1) is 5.69 Å². The van der Waals surface area contributed by atoms with Gasteiger partial charge in [-0.2, -0.15) is 0 Å². The van der Waals surface area contributed by atoms with Crippen molar-refractivity contribution in [2.24, 2.45) is 5.41 Å². The van der Waals surface area contributed by atoms with Gasteiger partial charge < -0.3 is 4.90 Å². The molecule has 0 fully saturated rings. The normalized spacial score (nSPS) is 11.6. The summed E-state index contributed by atoms with van der Waals surface area (Å²) >= 11 is -3.58. The first kappa shape index (κ1) is 14.1. The van der Waals surface area contributed by atoms with E-state index < -0.39 is 25.2 Å². The Hall–Kier alpha value is -0.980. The first-order valence-corrected chi connectivity index (χ1v) is 8.01. The van der Waals surface area contributed by atoms with Crippen LogP contribution in [0.4, 0.5) is 5.69 Å². The Kier molecular flexibility index (Phi) is 4.24. The highest BCUT2D eigenvalue weighted by atomic mass is 127. The van der Waals surface area contributed by atoms with E-state index in [2.05, 4.69) is 0 Å². The van der Waals surface area contributed by atoms with Crippen molar-refractivity contribution in [1.29, 1.82) is 0 Å². The van der Waals surface area contributed by atoms with Gasteiger partial charge in [-0.25, -0.2) is 6.14 Å². The third-order valence-electron chi connectivity index (χ3n) is 2.33. The van der Waals surface area contributed by atoms with Gasteiger partial charge in [0.1, 0.15) is 3.57 Å². The molecule has 1 aromatic rings. The molecule has 0 radical (unpaired) electrons. The molecule has 0 aliphatic carbocycles. The molecule has 5 heteroatoms. The van der Waals surface area contributed by atoms with E-state index in [1.54, 1.807) is 46.0 Å². The van der Waals surface area contributed by atoms with Gasteiger partial charge in [-0.15, -0.1) is 0 Å². The number of nitrogens with zero attached hydrogens (tertiary/aromatic N) is 1. The molecule has 4 nitrogen and oxygen atoms in total. The molecular formula is C12H16INO3. The van der Waals surface area contributed by atoms with Crippen molar-refractivity contribution in [3.8, 4) is 0 Å². The van der Waals surface area contributed by atoms with Crippen molar-refractivity contribution < 1.29 is 10.9 Å². The van der Waals surface area contributed by atoms with Crippen molar-refractivity contribution >= 4 is 31.4 Å². The molecule has 0 saturated heterocycles. The lowest BCUT2D eigenvalue weighted by atomic mass is 9.95. The fourth-order valence-electron chi connectivity index (χ4n) is 1.47. The predicted molar refractivity (Wildman–Crippen MR) is 73.4 cm³/mol. The maximum atomic E-state index is 12.1. The zero-order chi connectivity index (χ0) is 13.2. The summed E-state index contributed by atoms with van der Waals surface area (Å²) in [5, 5.41) is 0. The average Bonchev–Trinajstić information content (AvgIpc) is 2.25. The van der Waals surface area contributed by atoms with Gasteiger partial charge in [0.15, 0.2) is 0 Å². The van der Waals surface area contributed by atoms with Crippen molar-refractivity contribution in [2.75, 3.05) is 11.9 Å². The topological polar surface area (TPSA) is 54.5 Å². The standard InChI is InChI=1S/C12H16INO3/c1-12(2,3)11(15)14(4)10-8-6-5-7-9(10)13(16)17/h5-8H,1-4H3. The van der Waals surface area contributed by atoms with Crippen LogP contribution in [-0.2, 0) is 10.9 Å². The van der Waals surface area contributed by atoms with Crippen LogP contribution in [0, 0.1) is 8.99 Å². The predicted octanol–water partition coefficient (Wildman–Crippen LogP) is 3.06. The van der Waals surface area contributed by atoms with Gasteiger partial charge >= 0.3 is 19.8 Å². The quantitative estimate of drug-likeness (QED) is 0.771. The molecule has 0 heterocycles. The van der Waals surface area contributed by atoms with Crippen LogP contribution in [0.3, 0.4) is 0 Å². The Morgan fingerprint density at radius 2 is 1.71 bits per heavy atom. The first-order valence-electron chi connectivity index (χ1n) is 5.17. The summed E-state index contributed by atoms with van der Waals surface area (Å²) < 4.78 is 22.6. The largest absolute Gasteiger partial charge is 0.342 e. The fourth-order valence-corrected chi connectivity index (χ4v) is 2.96. The molecule has 0 aliphatic rings. The van der Waals surface area contributed by atoms with Gasteiger partial charge in [0, 0.05) is 12.5 Å². The number of amides is 1. The minimum absolute atomic E-state index is 0.109. The maximum absolute atomic E-state index is 12.1. The molecule has 94 valence electrons. The highest BCUT2D eigenvalue weighted by Crippen LogP contribution is 2.30. The van der Waals surface area contributed by atoms with Crippen molar-refractivity contribution in [2.45, 2.75) is 20.8 Å². The summed E-state index contributed by atoms with van der Waals surface area (Å²) in [6.45, 7) is 5.41. The molecule has 0 saturated carbocycles. The molecule has 0 N–H and O–H groups in total. The lowest BCUT2D eigenvalue weighted by Crippen LogP contribution is -2.37. The van der Waals surface area contributed by atoms with Crippen LogP contribution in [0.1, 0.15) is 20.8 Å². The summed E-state index contributed by atoms with van der Waals surface area (Å²) in [4.78, 5) is 13.5. The van der Waals surface area contributed by atoms with Gasteiger partial charge in [-0.1, -0.05) is 32.9 Å². The number of carbonyl (C=O) groups excluding carboxylic acids is 1. The van der Waals surface area contributed by atoms with Crippen LogP contribution in [-0.4, -0.2) is 13.0 Å². The van der Waals surface area contributed by atoms with E-state index in [4.69, 9.17) is 0 Å². The van der Waals surface area contributed by atoms with Gasteiger partial charge in [-0.05, 0) is 12.1 Å². The van der Waals surface area contributed by atoms with Crippen LogP contribution < -0.4 is 4.90 Å². The smallest absolute Gasteiger partial charge is 0.314 e. The fraction of sp³-hybridized carbons (Fsp3) is 0.417. The second kappa shape index (κ2) is 5.12. The van der Waals surface area contributed by atoms with Crippen molar-refractivity contribution in [3.63, 3.8) is 0 Å². The number of halogens is 1. The number of hydrogen-bond donors (Lipinski definition) is 0. The van der Waals surface area contributed by atoms with Crippen LogP contribution >= 0.6 is 19.8 Å².